The van der Waals surface area contributed by atoms with Crippen LogP contribution in [-0.4, -0.2) is 38.0 Å². The normalized spacial score (nSPS) is 15.4. The van der Waals surface area contributed by atoms with Gasteiger partial charge in [0.1, 0.15) is 0 Å². The Bertz CT molecular complexity index is 162. The highest BCUT2D eigenvalue weighted by Crippen LogP contribution is 2.13. The van der Waals surface area contributed by atoms with Crippen LogP contribution in [0.2, 0.25) is 0 Å². The van der Waals surface area contributed by atoms with Gasteiger partial charge in [-0.2, -0.15) is 0 Å². The summed E-state index contributed by atoms with van der Waals surface area (Å²) in [5, 5.41) is 3.41. The molecule has 0 radical (unpaired) electrons. The van der Waals surface area contributed by atoms with Gasteiger partial charge in [0.05, 0.1) is 24.9 Å². The molecule has 0 aromatic carbocycles. The molecule has 0 aromatic heterocycles. The van der Waals surface area contributed by atoms with Crippen LogP contribution in [0, 0.1) is 0 Å². The predicted molar refractivity (Wildman–Crippen MR) is 68.9 cm³/mol. The molecule has 0 spiro atoms. The minimum Gasteiger partial charge on any atom is -0.376 e. The number of hydrogen-bond donors (Lipinski definition) is 1. The zero-order chi connectivity index (χ0) is 12.4. The molecule has 0 aliphatic rings. The molecule has 0 fully saturated rings. The van der Waals surface area contributed by atoms with Gasteiger partial charge in [-0.1, -0.05) is 13.8 Å². The Morgan fingerprint density at radius 2 is 1.88 bits per heavy atom. The van der Waals surface area contributed by atoms with Gasteiger partial charge < -0.3 is 14.8 Å². The molecule has 1 N–H and O–H groups in total. The number of nitrogens with one attached hydrogen (secondary N) is 1. The third kappa shape index (κ3) is 8.08. The van der Waals surface area contributed by atoms with E-state index in [4.69, 9.17) is 9.47 Å². The van der Waals surface area contributed by atoms with E-state index in [-0.39, 0.29) is 11.7 Å². The SMILES string of the molecule is CCCNCC(C)(CC)OCCOC(C)C. The minimum absolute atomic E-state index is 0.0600. The van der Waals surface area contributed by atoms with Crippen molar-refractivity contribution in [2.75, 3.05) is 26.3 Å². The molecular weight excluding hydrogens is 202 g/mol. The van der Waals surface area contributed by atoms with Crippen molar-refractivity contribution >= 4 is 0 Å². The molecule has 1 atom stereocenters. The first-order valence-electron chi connectivity index (χ1n) is 6.50. The Morgan fingerprint density at radius 1 is 1.19 bits per heavy atom. The van der Waals surface area contributed by atoms with E-state index in [1.807, 2.05) is 13.8 Å². The van der Waals surface area contributed by atoms with Crippen LogP contribution in [0.1, 0.15) is 47.5 Å². The van der Waals surface area contributed by atoms with E-state index < -0.39 is 0 Å². The molecule has 0 aliphatic heterocycles. The first-order chi connectivity index (χ1) is 7.54. The topological polar surface area (TPSA) is 30.5 Å². The second-order valence-corrected chi connectivity index (χ2v) is 4.75. The molecule has 0 saturated heterocycles. The van der Waals surface area contributed by atoms with Gasteiger partial charge in [0.2, 0.25) is 0 Å². The fourth-order valence-corrected chi connectivity index (χ4v) is 1.38. The van der Waals surface area contributed by atoms with Crippen molar-refractivity contribution in [2.45, 2.75) is 59.2 Å². The largest absolute Gasteiger partial charge is 0.376 e. The second-order valence-electron chi connectivity index (χ2n) is 4.75. The smallest absolute Gasteiger partial charge is 0.0776 e. The van der Waals surface area contributed by atoms with Crippen molar-refractivity contribution in [1.29, 1.82) is 0 Å². The van der Waals surface area contributed by atoms with Crippen LogP contribution in [0.15, 0.2) is 0 Å². The fourth-order valence-electron chi connectivity index (χ4n) is 1.38. The second kappa shape index (κ2) is 8.97. The standard InChI is InChI=1S/C13H29NO2/c1-6-8-14-11-13(5,7-2)16-10-9-15-12(3)4/h12,14H,6-11H2,1-5H3. The molecule has 98 valence electrons. The molecule has 16 heavy (non-hydrogen) atoms. The van der Waals surface area contributed by atoms with Gasteiger partial charge >= 0.3 is 0 Å². The fraction of sp³-hybridized carbons (Fsp3) is 1.00. The quantitative estimate of drug-likeness (QED) is 0.586. The average Bonchev–Trinajstić information content (AvgIpc) is 2.25. The van der Waals surface area contributed by atoms with Crippen LogP contribution >= 0.6 is 0 Å². The first kappa shape index (κ1) is 15.9. The van der Waals surface area contributed by atoms with E-state index in [1.165, 1.54) is 0 Å². The summed E-state index contributed by atoms with van der Waals surface area (Å²) in [6.45, 7) is 13.9. The molecule has 0 aliphatic carbocycles. The van der Waals surface area contributed by atoms with Crippen molar-refractivity contribution < 1.29 is 9.47 Å². The zero-order valence-electron chi connectivity index (χ0n) is 11.6. The third-order valence-corrected chi connectivity index (χ3v) is 2.66. The molecule has 0 aromatic rings. The molecule has 0 saturated carbocycles. The van der Waals surface area contributed by atoms with E-state index in [2.05, 4.69) is 26.1 Å². The van der Waals surface area contributed by atoms with Crippen LogP contribution in [0.4, 0.5) is 0 Å². The van der Waals surface area contributed by atoms with Gasteiger partial charge in [0.25, 0.3) is 0 Å². The lowest BCUT2D eigenvalue weighted by Crippen LogP contribution is -2.41. The van der Waals surface area contributed by atoms with Crippen LogP contribution in [0.5, 0.6) is 0 Å². The van der Waals surface area contributed by atoms with Gasteiger partial charge in [-0.3, -0.25) is 0 Å². The molecule has 0 bridgehead atoms. The van der Waals surface area contributed by atoms with Crippen molar-refractivity contribution in [3.05, 3.63) is 0 Å². The maximum Gasteiger partial charge on any atom is 0.0776 e. The van der Waals surface area contributed by atoms with Gasteiger partial charge in [-0.25, -0.2) is 0 Å². The predicted octanol–water partition coefficient (Wildman–Crippen LogP) is 2.60. The molecule has 1 unspecified atom stereocenters. The molecule has 0 amide bonds. The Hall–Kier alpha value is -0.120. The lowest BCUT2D eigenvalue weighted by atomic mass is 10.0. The van der Waals surface area contributed by atoms with Gasteiger partial charge in [0.15, 0.2) is 0 Å². The summed E-state index contributed by atoms with van der Waals surface area (Å²) >= 11 is 0. The van der Waals surface area contributed by atoms with Crippen molar-refractivity contribution in [2.24, 2.45) is 0 Å². The van der Waals surface area contributed by atoms with Crippen molar-refractivity contribution in [3.8, 4) is 0 Å². The molecule has 3 nitrogen and oxygen atoms in total. The summed E-state index contributed by atoms with van der Waals surface area (Å²) in [6.07, 6.45) is 2.47. The van der Waals surface area contributed by atoms with Crippen LogP contribution in [0.3, 0.4) is 0 Å². The van der Waals surface area contributed by atoms with Gasteiger partial charge in [-0.05, 0) is 40.2 Å². The highest BCUT2D eigenvalue weighted by molar-refractivity contribution is 4.76. The monoisotopic (exact) mass is 231 g/mol. The number of rotatable bonds is 10. The first-order valence-corrected chi connectivity index (χ1v) is 6.50. The van der Waals surface area contributed by atoms with Gasteiger partial charge in [-0.15, -0.1) is 0 Å². The summed E-state index contributed by atoms with van der Waals surface area (Å²) in [7, 11) is 0. The Kier molecular flexibility index (Phi) is 8.90. The summed E-state index contributed by atoms with van der Waals surface area (Å²) in [6, 6.07) is 0. The summed E-state index contributed by atoms with van der Waals surface area (Å²) < 4.78 is 11.4. The summed E-state index contributed by atoms with van der Waals surface area (Å²) in [4.78, 5) is 0. The van der Waals surface area contributed by atoms with E-state index in [1.54, 1.807) is 0 Å². The van der Waals surface area contributed by atoms with Crippen LogP contribution in [0.25, 0.3) is 0 Å². The lowest BCUT2D eigenvalue weighted by molar-refractivity contribution is -0.0654. The van der Waals surface area contributed by atoms with E-state index in [9.17, 15) is 0 Å². The third-order valence-electron chi connectivity index (χ3n) is 2.66. The van der Waals surface area contributed by atoms with Crippen molar-refractivity contribution in [3.63, 3.8) is 0 Å². The average molecular weight is 231 g/mol. The minimum atomic E-state index is -0.0600. The Labute approximate surface area is 101 Å². The van der Waals surface area contributed by atoms with Crippen molar-refractivity contribution in [1.82, 2.24) is 5.32 Å². The lowest BCUT2D eigenvalue weighted by Gasteiger charge is -2.29. The Morgan fingerprint density at radius 3 is 2.38 bits per heavy atom. The molecule has 0 heterocycles. The molecule has 0 rings (SSSR count). The molecular formula is C13H29NO2. The summed E-state index contributed by atoms with van der Waals surface area (Å²) in [5.74, 6) is 0. The molecule has 3 heteroatoms. The Balaban J connectivity index is 3.69. The maximum absolute atomic E-state index is 5.89. The van der Waals surface area contributed by atoms with Gasteiger partial charge in [0, 0.05) is 6.54 Å². The highest BCUT2D eigenvalue weighted by atomic mass is 16.5. The number of ether oxygens (including phenoxy) is 2. The van der Waals surface area contributed by atoms with E-state index in [0.717, 1.165) is 25.9 Å². The van der Waals surface area contributed by atoms with Crippen LogP contribution < -0.4 is 5.32 Å². The van der Waals surface area contributed by atoms with Crippen LogP contribution in [-0.2, 0) is 9.47 Å². The summed E-state index contributed by atoms with van der Waals surface area (Å²) in [5.41, 5.74) is -0.0600. The highest BCUT2D eigenvalue weighted by Gasteiger charge is 2.21. The zero-order valence-corrected chi connectivity index (χ0v) is 11.6. The maximum atomic E-state index is 5.89. The number of hydrogen-bond acceptors (Lipinski definition) is 3. The van der Waals surface area contributed by atoms with E-state index >= 15 is 0 Å². The van der Waals surface area contributed by atoms with E-state index in [0.29, 0.717) is 13.2 Å².